The van der Waals surface area contributed by atoms with Crippen molar-refractivity contribution in [1.29, 1.82) is 0 Å². The summed E-state index contributed by atoms with van der Waals surface area (Å²) in [5, 5.41) is 12.1. The van der Waals surface area contributed by atoms with Crippen LogP contribution in [0, 0.1) is 5.92 Å². The third-order valence-corrected chi connectivity index (χ3v) is 3.29. The minimum atomic E-state index is 0.148. The Labute approximate surface area is 108 Å². The molecule has 1 aromatic carbocycles. The molecule has 0 aliphatic heterocycles. The van der Waals surface area contributed by atoms with Crippen molar-refractivity contribution in [2.45, 2.75) is 25.7 Å². The van der Waals surface area contributed by atoms with Crippen molar-refractivity contribution >= 4 is 5.91 Å². The quantitative estimate of drug-likeness (QED) is 0.800. The van der Waals surface area contributed by atoms with Gasteiger partial charge in [0.25, 0.3) is 0 Å². The molecule has 3 nitrogen and oxygen atoms in total. The van der Waals surface area contributed by atoms with Crippen LogP contribution in [0.5, 0.6) is 5.75 Å². The number of carbonyl (C=O) groups is 1. The number of allylic oxidation sites excluding steroid dienone is 2. The van der Waals surface area contributed by atoms with E-state index in [1.54, 1.807) is 12.1 Å². The first-order valence-corrected chi connectivity index (χ1v) is 6.46. The molecular formula is C15H19NO2. The number of amides is 1. The monoisotopic (exact) mass is 245 g/mol. The van der Waals surface area contributed by atoms with Crippen molar-refractivity contribution in [2.24, 2.45) is 5.92 Å². The number of rotatable bonds is 4. The highest BCUT2D eigenvalue weighted by Crippen LogP contribution is 2.18. The fraction of sp³-hybridized carbons (Fsp3) is 0.400. The second kappa shape index (κ2) is 6.24. The van der Waals surface area contributed by atoms with E-state index in [9.17, 15) is 4.79 Å². The van der Waals surface area contributed by atoms with Crippen molar-refractivity contribution in [3.05, 3.63) is 42.0 Å². The molecule has 3 heteroatoms. The standard InChI is InChI=1S/C15H19NO2/c17-14-8-6-12(7-9-14)10-11-16-15(18)13-4-2-1-3-5-13/h1-2,6-9,13,17H,3-5,10-11H2,(H,16,18). The predicted octanol–water partition coefficient (Wildman–Crippen LogP) is 2.41. The van der Waals surface area contributed by atoms with Gasteiger partial charge in [0.15, 0.2) is 0 Å². The number of carbonyl (C=O) groups excluding carboxylic acids is 1. The van der Waals surface area contributed by atoms with Crippen LogP contribution in [-0.4, -0.2) is 17.6 Å². The Morgan fingerprint density at radius 2 is 2.06 bits per heavy atom. The highest BCUT2D eigenvalue weighted by molar-refractivity contribution is 5.78. The van der Waals surface area contributed by atoms with Gasteiger partial charge in [-0.3, -0.25) is 4.79 Å². The van der Waals surface area contributed by atoms with Gasteiger partial charge in [0, 0.05) is 12.5 Å². The van der Waals surface area contributed by atoms with E-state index in [1.807, 2.05) is 12.1 Å². The summed E-state index contributed by atoms with van der Waals surface area (Å²) in [4.78, 5) is 11.9. The Morgan fingerprint density at radius 3 is 2.72 bits per heavy atom. The summed E-state index contributed by atoms with van der Waals surface area (Å²) in [5.41, 5.74) is 1.12. The summed E-state index contributed by atoms with van der Waals surface area (Å²) in [6.07, 6.45) is 7.87. The van der Waals surface area contributed by atoms with Gasteiger partial charge in [-0.1, -0.05) is 24.3 Å². The molecule has 18 heavy (non-hydrogen) atoms. The molecule has 96 valence electrons. The van der Waals surface area contributed by atoms with Crippen LogP contribution in [0.4, 0.5) is 0 Å². The summed E-state index contributed by atoms with van der Waals surface area (Å²) in [5.74, 6) is 0.588. The van der Waals surface area contributed by atoms with Gasteiger partial charge in [-0.25, -0.2) is 0 Å². The number of hydrogen-bond acceptors (Lipinski definition) is 2. The zero-order valence-corrected chi connectivity index (χ0v) is 10.4. The van der Waals surface area contributed by atoms with Gasteiger partial charge in [-0.05, 0) is 43.4 Å². The summed E-state index contributed by atoms with van der Waals surface area (Å²) in [7, 11) is 0. The molecule has 1 amide bonds. The highest BCUT2D eigenvalue weighted by Gasteiger charge is 2.17. The molecule has 0 saturated heterocycles. The molecule has 0 fully saturated rings. The normalized spacial score (nSPS) is 18.6. The lowest BCUT2D eigenvalue weighted by molar-refractivity contribution is -0.125. The molecule has 2 N–H and O–H groups in total. The summed E-state index contributed by atoms with van der Waals surface area (Å²) in [6.45, 7) is 0.657. The van der Waals surface area contributed by atoms with Gasteiger partial charge in [-0.2, -0.15) is 0 Å². The number of phenolic OH excluding ortho intramolecular Hbond substituents is 1. The van der Waals surface area contributed by atoms with Crippen LogP contribution in [-0.2, 0) is 11.2 Å². The molecule has 1 unspecified atom stereocenters. The molecule has 0 heterocycles. The number of phenols is 1. The Morgan fingerprint density at radius 1 is 1.28 bits per heavy atom. The molecule has 0 radical (unpaired) electrons. The first-order chi connectivity index (χ1) is 8.75. The van der Waals surface area contributed by atoms with E-state index < -0.39 is 0 Å². The average molecular weight is 245 g/mol. The van der Waals surface area contributed by atoms with Gasteiger partial charge < -0.3 is 10.4 Å². The van der Waals surface area contributed by atoms with Crippen LogP contribution < -0.4 is 5.32 Å². The Balaban J connectivity index is 1.73. The molecule has 1 atom stereocenters. The second-order valence-corrected chi connectivity index (χ2v) is 4.69. The maximum absolute atomic E-state index is 11.9. The van der Waals surface area contributed by atoms with E-state index in [0.29, 0.717) is 6.54 Å². The summed E-state index contributed by atoms with van der Waals surface area (Å²) >= 11 is 0. The molecule has 2 rings (SSSR count). The fourth-order valence-corrected chi connectivity index (χ4v) is 2.17. The Bertz CT molecular complexity index is 423. The maximum atomic E-state index is 11.9. The van der Waals surface area contributed by atoms with Crippen LogP contribution in [0.1, 0.15) is 24.8 Å². The van der Waals surface area contributed by atoms with Crippen LogP contribution in [0.25, 0.3) is 0 Å². The zero-order chi connectivity index (χ0) is 12.8. The van der Waals surface area contributed by atoms with Crippen molar-refractivity contribution in [3.63, 3.8) is 0 Å². The first kappa shape index (κ1) is 12.7. The summed E-state index contributed by atoms with van der Waals surface area (Å²) < 4.78 is 0. The lowest BCUT2D eigenvalue weighted by atomic mass is 9.93. The third-order valence-electron chi connectivity index (χ3n) is 3.29. The van der Waals surface area contributed by atoms with Gasteiger partial charge in [0.1, 0.15) is 5.75 Å². The number of aromatic hydroxyl groups is 1. The molecular weight excluding hydrogens is 226 g/mol. The Kier molecular flexibility index (Phi) is 4.40. The lowest BCUT2D eigenvalue weighted by Gasteiger charge is -2.17. The smallest absolute Gasteiger partial charge is 0.223 e. The number of nitrogens with one attached hydrogen (secondary N) is 1. The highest BCUT2D eigenvalue weighted by atomic mass is 16.3. The molecule has 0 saturated carbocycles. The lowest BCUT2D eigenvalue weighted by Crippen LogP contribution is -2.32. The Hall–Kier alpha value is -1.77. The van der Waals surface area contributed by atoms with Gasteiger partial charge in [0.05, 0.1) is 0 Å². The van der Waals surface area contributed by atoms with Crippen molar-refractivity contribution in [2.75, 3.05) is 6.54 Å². The predicted molar refractivity (Wildman–Crippen MR) is 71.3 cm³/mol. The molecule has 0 spiro atoms. The van der Waals surface area contributed by atoms with Crippen LogP contribution in [0.3, 0.4) is 0 Å². The van der Waals surface area contributed by atoms with Gasteiger partial charge in [0.2, 0.25) is 5.91 Å². The summed E-state index contributed by atoms with van der Waals surface area (Å²) in [6, 6.07) is 7.10. The minimum absolute atomic E-state index is 0.148. The number of benzene rings is 1. The molecule has 1 aliphatic rings. The van der Waals surface area contributed by atoms with Gasteiger partial charge >= 0.3 is 0 Å². The fourth-order valence-electron chi connectivity index (χ4n) is 2.17. The van der Waals surface area contributed by atoms with E-state index in [2.05, 4.69) is 17.5 Å². The van der Waals surface area contributed by atoms with E-state index in [4.69, 9.17) is 5.11 Å². The van der Waals surface area contributed by atoms with E-state index in [0.717, 1.165) is 31.2 Å². The SMILES string of the molecule is O=C(NCCc1ccc(O)cc1)C1CC=CCC1. The van der Waals surface area contributed by atoms with Crippen molar-refractivity contribution in [1.82, 2.24) is 5.32 Å². The maximum Gasteiger partial charge on any atom is 0.223 e. The zero-order valence-electron chi connectivity index (χ0n) is 10.4. The number of hydrogen-bond donors (Lipinski definition) is 2. The second-order valence-electron chi connectivity index (χ2n) is 4.69. The van der Waals surface area contributed by atoms with Crippen molar-refractivity contribution < 1.29 is 9.90 Å². The van der Waals surface area contributed by atoms with Crippen molar-refractivity contribution in [3.8, 4) is 5.75 Å². The molecule has 1 aromatic rings. The van der Waals surface area contributed by atoms with E-state index in [1.165, 1.54) is 0 Å². The van der Waals surface area contributed by atoms with E-state index >= 15 is 0 Å². The van der Waals surface area contributed by atoms with E-state index in [-0.39, 0.29) is 17.6 Å². The average Bonchev–Trinajstić information content (AvgIpc) is 2.42. The first-order valence-electron chi connectivity index (χ1n) is 6.46. The molecule has 1 aliphatic carbocycles. The molecule has 0 bridgehead atoms. The van der Waals surface area contributed by atoms with Crippen LogP contribution in [0.15, 0.2) is 36.4 Å². The van der Waals surface area contributed by atoms with Crippen LogP contribution >= 0.6 is 0 Å². The molecule has 0 aromatic heterocycles. The minimum Gasteiger partial charge on any atom is -0.508 e. The third kappa shape index (κ3) is 3.62. The largest absolute Gasteiger partial charge is 0.508 e. The van der Waals surface area contributed by atoms with Gasteiger partial charge in [-0.15, -0.1) is 0 Å². The van der Waals surface area contributed by atoms with Crippen LogP contribution in [0.2, 0.25) is 0 Å². The topological polar surface area (TPSA) is 49.3 Å².